The van der Waals surface area contributed by atoms with Crippen LogP contribution in [0, 0.1) is 59.2 Å². The molecule has 1 aromatic carbocycles. The molecule has 7 amide bonds. The minimum Gasteiger partial charge on any atom is -0.386 e. The smallest absolute Gasteiger partial charge is 0.386 e. The van der Waals surface area contributed by atoms with E-state index in [-0.39, 0.29) is 70.6 Å². The summed E-state index contributed by atoms with van der Waals surface area (Å²) in [5.74, 6) is -7.46. The van der Waals surface area contributed by atoms with Gasteiger partial charge in [0.15, 0.2) is 6.23 Å². The highest BCUT2D eigenvalue weighted by atomic mass is 31.2. The minimum atomic E-state index is -5.26. The van der Waals surface area contributed by atoms with Crippen LogP contribution >= 0.6 is 15.6 Å². The van der Waals surface area contributed by atoms with Crippen LogP contribution in [-0.4, -0.2) is 137 Å². The number of benzene rings is 1. The van der Waals surface area contributed by atoms with Crippen molar-refractivity contribution in [3.63, 3.8) is 0 Å². The Morgan fingerprint density at radius 2 is 1.37 bits per heavy atom. The highest BCUT2D eigenvalue weighted by Crippen LogP contribution is 2.63. The number of nitrogens with two attached hydrogens (primary N) is 6. The van der Waals surface area contributed by atoms with Gasteiger partial charge in [-0.05, 0) is 108 Å². The zero-order chi connectivity index (χ0) is 69.9. The molecule has 0 saturated carbocycles. The quantitative estimate of drug-likeness (QED) is 0.0544. The number of hydrogen-bond donors (Lipinski definition) is 12. The van der Waals surface area contributed by atoms with Gasteiger partial charge in [-0.15, -0.1) is 0 Å². The number of aliphatic hydroxyl groups excluding tert-OH is 1. The molecule has 2 fully saturated rings. The number of imidazole rings is 1. The fourth-order valence-corrected chi connectivity index (χ4v) is 17.1. The summed E-state index contributed by atoms with van der Waals surface area (Å²) in [6, 6.07) is 2.52. The van der Waals surface area contributed by atoms with Gasteiger partial charge in [-0.25, -0.2) is 14.1 Å². The molecule has 94 heavy (non-hydrogen) atoms. The molecule has 2 aromatic rings. The predicted molar refractivity (Wildman–Crippen MR) is 345 cm³/mol. The maximum Gasteiger partial charge on any atom is 0.472 e. The summed E-state index contributed by atoms with van der Waals surface area (Å²) in [6.45, 7) is 18.6. The van der Waals surface area contributed by atoms with Crippen molar-refractivity contribution in [2.45, 2.75) is 189 Å². The van der Waals surface area contributed by atoms with Gasteiger partial charge >= 0.3 is 15.6 Å². The Balaban J connectivity index is 1.19. The third-order valence-corrected chi connectivity index (χ3v) is 22.4. The van der Waals surface area contributed by atoms with Crippen molar-refractivity contribution >= 4 is 85.2 Å². The standard InChI is InChI=1S/C62H91N13O17P2/c1-29-20-39-40(21-30(29)2)75(28-70-39)57-52(83)53(41(90-57)27-89-93(84,85)86)92-94(87,88)91-31(3)26-69-49(82)18-19-59(8)37(22-46(66)79)56-62(11)61(10,25-48(68)81)36(14-17-45(65)78)51(74-62)33(5)55-60(9,24-47(67)80)34(12-15-43(63)76)38(71-55)23-42-58(6,7)35(13-16-44(64)77)50(72-42)32(4)54(59)73-56/h20-21,23,28,31,34-37,41,52-53,56-57,71,83H,12-19,22,24-27H2,1-11H3,(H2,63,76)(H2,64,77)(H2,65,78)(H2,66,79)(H2,67,80)(H2,68,81)(H,69,82)(H,87,88)(H2,84,85,86)/b38-23?,50-32?,55-33-. The molecule has 15 atom stereocenters. The largest absolute Gasteiger partial charge is 0.472 e. The number of ether oxygens (including phenoxy) is 1. The Kier molecular flexibility index (Phi) is 20.9. The second kappa shape index (κ2) is 27.0. The van der Waals surface area contributed by atoms with Gasteiger partial charge in [0.1, 0.15) is 18.3 Å². The van der Waals surface area contributed by atoms with Crippen molar-refractivity contribution in [1.29, 1.82) is 0 Å². The zero-order valence-electron chi connectivity index (χ0n) is 55.0. The summed E-state index contributed by atoms with van der Waals surface area (Å²) in [5, 5.41) is 18.0. The lowest BCUT2D eigenvalue weighted by molar-refractivity contribution is -0.124. The van der Waals surface area contributed by atoms with Crippen LogP contribution in [0.4, 0.5) is 0 Å². The number of rotatable bonds is 28. The maximum atomic E-state index is 14.4. The molecule has 8 rings (SSSR count). The lowest BCUT2D eigenvalue weighted by Gasteiger charge is -2.48. The number of aryl methyl sites for hydroxylation is 2. The number of carbonyl (C=O) groups is 7. The topological polar surface area (TPSA) is 507 Å². The number of aliphatic imine (C=N–C) groups is 3. The molecule has 2 saturated heterocycles. The number of aromatic nitrogens is 2. The number of nitrogens with zero attached hydrogens (tertiary/aromatic N) is 5. The summed E-state index contributed by atoms with van der Waals surface area (Å²) in [5.41, 5.74) is 36.7. The van der Waals surface area contributed by atoms with E-state index in [2.05, 4.69) is 15.6 Å². The minimum absolute atomic E-state index is 0.0467. The van der Waals surface area contributed by atoms with E-state index in [1.807, 2.05) is 67.5 Å². The van der Waals surface area contributed by atoms with E-state index in [0.717, 1.165) is 11.1 Å². The first-order valence-corrected chi connectivity index (χ1v) is 34.3. The molecule has 30 nitrogen and oxygen atoms in total. The number of nitrogens with one attached hydrogen (secondary N) is 2. The molecule has 0 aliphatic carbocycles. The van der Waals surface area contributed by atoms with Crippen molar-refractivity contribution in [3.8, 4) is 0 Å². The average Bonchev–Trinajstić information content (AvgIpc) is 1.53. The Morgan fingerprint density at radius 3 is 1.96 bits per heavy atom. The number of amides is 7. The van der Waals surface area contributed by atoms with E-state index in [4.69, 9.17) is 67.7 Å². The van der Waals surface area contributed by atoms with Gasteiger partial charge in [0, 0.05) is 131 Å². The molecule has 6 aliphatic rings. The third kappa shape index (κ3) is 14.5. The van der Waals surface area contributed by atoms with Gasteiger partial charge in [0.2, 0.25) is 41.4 Å². The molecule has 15 unspecified atom stereocenters. The number of phosphoric ester groups is 2. The molecule has 8 bridgehead atoms. The zero-order valence-corrected chi connectivity index (χ0v) is 56.8. The van der Waals surface area contributed by atoms with Crippen LogP contribution in [0.15, 0.2) is 67.8 Å². The lowest BCUT2D eigenvalue weighted by atomic mass is 9.55. The Bertz CT molecular complexity index is 3740. The molecule has 1 aromatic heterocycles. The fraction of sp³-hybridized carbons (Fsp3) is 0.629. The van der Waals surface area contributed by atoms with Crippen LogP contribution in [-0.2, 0) is 61.0 Å². The van der Waals surface area contributed by atoms with Gasteiger partial charge < -0.3 is 74.1 Å². The molecule has 18 N–H and O–H groups in total. The van der Waals surface area contributed by atoms with Gasteiger partial charge in [-0.3, -0.25) is 62.1 Å². The maximum absolute atomic E-state index is 14.4. The van der Waals surface area contributed by atoms with Crippen LogP contribution in [0.25, 0.3) is 11.0 Å². The monoisotopic (exact) mass is 1350 g/mol. The van der Waals surface area contributed by atoms with E-state index in [1.54, 1.807) is 19.9 Å². The summed E-state index contributed by atoms with van der Waals surface area (Å²) < 4.78 is 48.9. The Hall–Kier alpha value is -6.85. The van der Waals surface area contributed by atoms with E-state index >= 15 is 0 Å². The Labute approximate surface area is 544 Å². The van der Waals surface area contributed by atoms with Crippen LogP contribution in [0.5, 0.6) is 0 Å². The molecule has 0 spiro atoms. The second-order valence-electron chi connectivity index (χ2n) is 27.7. The number of fused-ring (bicyclic) bond motifs is 7. The first kappa shape index (κ1) is 73.0. The van der Waals surface area contributed by atoms with Crippen molar-refractivity contribution < 1.29 is 80.8 Å². The first-order chi connectivity index (χ1) is 43.5. The molecule has 6 aliphatic heterocycles. The number of phosphoric acid groups is 2. The van der Waals surface area contributed by atoms with E-state index < -0.39 is 158 Å². The van der Waals surface area contributed by atoms with Crippen molar-refractivity contribution in [1.82, 2.24) is 20.2 Å². The molecular weight excluding hydrogens is 1260 g/mol. The highest BCUT2D eigenvalue weighted by molar-refractivity contribution is 7.47. The number of primary amides is 6. The summed E-state index contributed by atoms with van der Waals surface area (Å²) in [4.78, 5) is 145. The lowest BCUT2D eigenvalue weighted by Crippen LogP contribution is -2.56. The first-order valence-electron chi connectivity index (χ1n) is 31.3. The van der Waals surface area contributed by atoms with Crippen LogP contribution in [0.1, 0.15) is 150 Å². The number of hydrogen-bond acceptors (Lipinski definition) is 19. The van der Waals surface area contributed by atoms with E-state index in [1.165, 1.54) is 17.8 Å². The Morgan fingerprint density at radius 1 is 0.777 bits per heavy atom. The summed E-state index contributed by atoms with van der Waals surface area (Å²) in [6.07, 6.45) is -5.68. The molecular formula is C62H91N13O17P2. The average molecular weight is 1350 g/mol. The van der Waals surface area contributed by atoms with E-state index in [9.17, 15) is 62.5 Å². The SMILES string of the molecule is CC1=C2N=C(C=C3N/C(=C(/C)C4=NC(C)(C5N=C1C(C)(CCC(=O)NCC(C)OP(=O)(O)OC1C(COP(=O)(O)O)OC(n6cnc7cc(C)c(C)cc76)C1O)C5CC(N)=O)C(C)(CC(N)=O)C4CCC(N)=O)C(C)(CC(N)=O)C3CCC(N)=O)C(C)(C)C2CCC(N)=O. The van der Waals surface area contributed by atoms with Gasteiger partial charge in [0.05, 0.1) is 41.7 Å². The third-order valence-electron chi connectivity index (χ3n) is 20.8. The molecule has 32 heteroatoms. The number of allylic oxidation sites excluding steroid dienone is 6. The van der Waals surface area contributed by atoms with Gasteiger partial charge in [0.25, 0.3) is 0 Å². The molecule has 0 radical (unpaired) electrons. The van der Waals surface area contributed by atoms with E-state index in [0.29, 0.717) is 56.4 Å². The second-order valence-corrected chi connectivity index (χ2v) is 30.3. The van der Waals surface area contributed by atoms with Crippen molar-refractivity contribution in [3.05, 3.63) is 63.9 Å². The number of carbonyl (C=O) groups excluding carboxylic acids is 7. The van der Waals surface area contributed by atoms with Crippen molar-refractivity contribution in [2.24, 2.45) is 94.7 Å². The fourth-order valence-electron chi connectivity index (χ4n) is 15.6. The van der Waals surface area contributed by atoms with Crippen LogP contribution in [0.2, 0.25) is 0 Å². The molecule has 7 heterocycles. The van der Waals surface area contributed by atoms with Gasteiger partial charge in [-0.1, -0.05) is 34.6 Å². The normalized spacial score (nSPS) is 32.1. The van der Waals surface area contributed by atoms with Crippen molar-refractivity contribution in [2.75, 3.05) is 13.2 Å². The number of aliphatic hydroxyl groups is 1. The van der Waals surface area contributed by atoms with Crippen LogP contribution in [0.3, 0.4) is 0 Å². The summed E-state index contributed by atoms with van der Waals surface area (Å²) in [7, 11) is -10.4. The predicted octanol–water partition coefficient (Wildman–Crippen LogP) is 3.28. The highest BCUT2D eigenvalue weighted by Gasteiger charge is 2.66. The molecule has 516 valence electrons. The summed E-state index contributed by atoms with van der Waals surface area (Å²) >= 11 is 0. The van der Waals surface area contributed by atoms with Crippen LogP contribution < -0.4 is 45.0 Å². The van der Waals surface area contributed by atoms with Gasteiger partial charge in [-0.2, -0.15) is 0 Å².